The number of hydrogen-bond acceptors (Lipinski definition) is 4. The number of ether oxygens (including phenoxy) is 2. The molecule has 1 aromatic heterocycles. The average molecular weight is 371 g/mol. The van der Waals surface area contributed by atoms with E-state index < -0.39 is 5.97 Å². The molecule has 0 unspecified atom stereocenters. The Labute approximate surface area is 156 Å². The highest BCUT2D eigenvalue weighted by Crippen LogP contribution is 2.22. The predicted molar refractivity (Wildman–Crippen MR) is 102 cm³/mol. The molecule has 1 heterocycles. The molecular weight excluding hydrogens is 352 g/mol. The lowest BCUT2D eigenvalue weighted by Gasteiger charge is -2.06. The van der Waals surface area contributed by atoms with Crippen LogP contribution >= 0.6 is 11.6 Å². The Balaban J connectivity index is 1.65. The number of fused-ring (bicyclic) bond motifs is 1. The van der Waals surface area contributed by atoms with Gasteiger partial charge in [-0.25, -0.2) is 4.79 Å². The van der Waals surface area contributed by atoms with Gasteiger partial charge in [-0.15, -0.1) is 0 Å². The Morgan fingerprint density at radius 3 is 2.65 bits per heavy atom. The minimum absolute atomic E-state index is 0.199. The van der Waals surface area contributed by atoms with E-state index in [0.717, 1.165) is 27.8 Å². The third kappa shape index (κ3) is 3.89. The number of nitrogens with zero attached hydrogens (tertiary/aromatic N) is 2. The van der Waals surface area contributed by atoms with Gasteiger partial charge >= 0.3 is 5.97 Å². The van der Waals surface area contributed by atoms with Crippen LogP contribution in [-0.2, 0) is 23.2 Å². The van der Waals surface area contributed by atoms with E-state index in [-0.39, 0.29) is 6.61 Å². The standard InChI is InChI=1S/C20H19ClN2O3/c1-13-18(20(21)23(2)22-13)8-9-19(24)26-12-14-4-5-16-11-17(25-3)7-6-15(16)10-14/h4-11H,12H2,1-3H3. The normalized spacial score (nSPS) is 11.2. The van der Waals surface area contributed by atoms with Crippen molar-refractivity contribution in [2.45, 2.75) is 13.5 Å². The van der Waals surface area contributed by atoms with Crippen LogP contribution < -0.4 is 4.74 Å². The van der Waals surface area contributed by atoms with Crippen molar-refractivity contribution in [1.82, 2.24) is 9.78 Å². The molecule has 0 spiro atoms. The first-order valence-electron chi connectivity index (χ1n) is 8.08. The topological polar surface area (TPSA) is 53.4 Å². The van der Waals surface area contributed by atoms with Crippen LogP contribution in [0.4, 0.5) is 0 Å². The molecule has 0 bridgehead atoms. The molecule has 3 rings (SSSR count). The maximum absolute atomic E-state index is 12.0. The Bertz CT molecular complexity index is 992. The first kappa shape index (κ1) is 18.0. The number of carbonyl (C=O) groups excluding carboxylic acids is 1. The molecule has 0 saturated carbocycles. The van der Waals surface area contributed by atoms with E-state index in [1.165, 1.54) is 6.08 Å². The lowest BCUT2D eigenvalue weighted by atomic mass is 10.1. The SMILES string of the molecule is COc1ccc2cc(COC(=O)C=Cc3c(C)nn(C)c3Cl)ccc2c1. The summed E-state index contributed by atoms with van der Waals surface area (Å²) < 4.78 is 12.1. The zero-order chi connectivity index (χ0) is 18.7. The van der Waals surface area contributed by atoms with Gasteiger partial charge in [0.15, 0.2) is 0 Å². The number of benzene rings is 2. The second-order valence-corrected chi connectivity index (χ2v) is 6.26. The molecular formula is C20H19ClN2O3. The summed E-state index contributed by atoms with van der Waals surface area (Å²) >= 11 is 6.14. The zero-order valence-corrected chi connectivity index (χ0v) is 15.6. The minimum Gasteiger partial charge on any atom is -0.497 e. The largest absolute Gasteiger partial charge is 0.497 e. The van der Waals surface area contributed by atoms with Crippen molar-refractivity contribution >= 4 is 34.4 Å². The maximum Gasteiger partial charge on any atom is 0.331 e. The van der Waals surface area contributed by atoms with Crippen LogP contribution in [-0.4, -0.2) is 22.9 Å². The Morgan fingerprint density at radius 2 is 1.96 bits per heavy atom. The van der Waals surface area contributed by atoms with E-state index in [1.807, 2.05) is 43.3 Å². The Morgan fingerprint density at radius 1 is 1.23 bits per heavy atom. The molecule has 0 atom stereocenters. The van der Waals surface area contributed by atoms with Gasteiger partial charge in [0, 0.05) is 18.7 Å². The van der Waals surface area contributed by atoms with Crippen molar-refractivity contribution in [1.29, 1.82) is 0 Å². The zero-order valence-electron chi connectivity index (χ0n) is 14.8. The highest BCUT2D eigenvalue weighted by Gasteiger charge is 2.09. The van der Waals surface area contributed by atoms with Gasteiger partial charge in [0.1, 0.15) is 17.5 Å². The monoisotopic (exact) mass is 370 g/mol. The molecule has 0 aliphatic rings. The summed E-state index contributed by atoms with van der Waals surface area (Å²) in [5.41, 5.74) is 2.39. The summed E-state index contributed by atoms with van der Waals surface area (Å²) in [6, 6.07) is 11.8. The van der Waals surface area contributed by atoms with E-state index in [0.29, 0.717) is 10.7 Å². The lowest BCUT2D eigenvalue weighted by Crippen LogP contribution is -2.00. The molecule has 134 valence electrons. The van der Waals surface area contributed by atoms with Gasteiger partial charge in [-0.2, -0.15) is 5.10 Å². The van der Waals surface area contributed by atoms with Crippen molar-refractivity contribution in [3.63, 3.8) is 0 Å². The highest BCUT2D eigenvalue weighted by molar-refractivity contribution is 6.31. The molecule has 26 heavy (non-hydrogen) atoms. The molecule has 3 aromatic rings. The fourth-order valence-corrected chi connectivity index (χ4v) is 2.92. The number of hydrogen-bond donors (Lipinski definition) is 0. The van der Waals surface area contributed by atoms with Crippen LogP contribution in [0.2, 0.25) is 5.15 Å². The van der Waals surface area contributed by atoms with E-state index in [9.17, 15) is 4.79 Å². The first-order valence-corrected chi connectivity index (χ1v) is 8.46. The van der Waals surface area contributed by atoms with Crippen molar-refractivity contribution in [3.8, 4) is 5.75 Å². The maximum atomic E-state index is 12.0. The molecule has 0 amide bonds. The molecule has 2 aromatic carbocycles. The first-order chi connectivity index (χ1) is 12.5. The van der Waals surface area contributed by atoms with E-state index in [1.54, 1.807) is 24.9 Å². The number of aromatic nitrogens is 2. The number of methoxy groups -OCH3 is 1. The van der Waals surface area contributed by atoms with E-state index >= 15 is 0 Å². The molecule has 0 aliphatic heterocycles. The lowest BCUT2D eigenvalue weighted by molar-refractivity contribution is -0.138. The fourth-order valence-electron chi connectivity index (χ4n) is 2.68. The highest BCUT2D eigenvalue weighted by atomic mass is 35.5. The van der Waals surface area contributed by atoms with Crippen LogP contribution in [0.5, 0.6) is 5.75 Å². The summed E-state index contributed by atoms with van der Waals surface area (Å²) in [5, 5.41) is 6.81. The molecule has 0 saturated heterocycles. The van der Waals surface area contributed by atoms with Crippen molar-refractivity contribution in [2.24, 2.45) is 7.05 Å². The van der Waals surface area contributed by atoms with Gasteiger partial charge < -0.3 is 9.47 Å². The van der Waals surface area contributed by atoms with Crippen molar-refractivity contribution in [3.05, 3.63) is 64.4 Å². The van der Waals surface area contributed by atoms with Crippen LogP contribution in [0.3, 0.4) is 0 Å². The molecule has 0 N–H and O–H groups in total. The summed E-state index contributed by atoms with van der Waals surface area (Å²) in [6.07, 6.45) is 2.99. The summed E-state index contributed by atoms with van der Waals surface area (Å²) in [7, 11) is 3.39. The predicted octanol–water partition coefficient (Wildman–Crippen LogP) is 4.30. The van der Waals surface area contributed by atoms with Crippen LogP contribution in [0, 0.1) is 6.92 Å². The third-order valence-corrected chi connectivity index (χ3v) is 4.52. The van der Waals surface area contributed by atoms with Gasteiger partial charge in [0.2, 0.25) is 0 Å². The quantitative estimate of drug-likeness (QED) is 0.496. The molecule has 0 aliphatic carbocycles. The van der Waals surface area contributed by atoms with Gasteiger partial charge in [0.25, 0.3) is 0 Å². The fraction of sp³-hybridized carbons (Fsp3) is 0.200. The number of esters is 1. The van der Waals surface area contributed by atoms with Gasteiger partial charge in [-0.05, 0) is 47.5 Å². The van der Waals surface area contributed by atoms with Crippen molar-refractivity contribution < 1.29 is 14.3 Å². The van der Waals surface area contributed by atoms with E-state index in [4.69, 9.17) is 21.1 Å². The van der Waals surface area contributed by atoms with Crippen molar-refractivity contribution in [2.75, 3.05) is 7.11 Å². The van der Waals surface area contributed by atoms with Gasteiger partial charge in [0.05, 0.1) is 12.8 Å². The summed E-state index contributed by atoms with van der Waals surface area (Å²) in [4.78, 5) is 12.0. The number of halogens is 1. The Kier molecular flexibility index (Phi) is 5.28. The molecule has 6 heteroatoms. The third-order valence-electron chi connectivity index (χ3n) is 4.08. The van der Waals surface area contributed by atoms with Crippen LogP contribution in [0.25, 0.3) is 16.8 Å². The van der Waals surface area contributed by atoms with Gasteiger partial charge in [-0.1, -0.05) is 29.8 Å². The second-order valence-electron chi connectivity index (χ2n) is 5.90. The molecule has 0 fully saturated rings. The Hall–Kier alpha value is -2.79. The van der Waals surface area contributed by atoms with Crippen LogP contribution in [0.1, 0.15) is 16.8 Å². The summed E-state index contributed by atoms with van der Waals surface area (Å²) in [5.74, 6) is 0.380. The number of carbonyl (C=O) groups is 1. The summed E-state index contributed by atoms with van der Waals surface area (Å²) in [6.45, 7) is 2.03. The number of aryl methyl sites for hydroxylation is 2. The number of rotatable bonds is 5. The van der Waals surface area contributed by atoms with Crippen LogP contribution in [0.15, 0.2) is 42.5 Å². The molecule has 5 nitrogen and oxygen atoms in total. The smallest absolute Gasteiger partial charge is 0.331 e. The average Bonchev–Trinajstić information content (AvgIpc) is 2.89. The van der Waals surface area contributed by atoms with Gasteiger partial charge in [-0.3, -0.25) is 4.68 Å². The minimum atomic E-state index is -0.431. The molecule has 0 radical (unpaired) electrons. The van der Waals surface area contributed by atoms with E-state index in [2.05, 4.69) is 5.10 Å². The second kappa shape index (κ2) is 7.62.